The van der Waals surface area contributed by atoms with Crippen LogP contribution in [0.3, 0.4) is 0 Å². The topological polar surface area (TPSA) is 78.9 Å². The Morgan fingerprint density at radius 1 is 0.322 bits per heavy atom. The lowest BCUT2D eigenvalue weighted by molar-refractivity contribution is -0.167. The SMILES string of the molecule is CCCCCCCCC=CCCCCCCCC(=O)OCC(COC(=O)CCCCCCCCCCCCCCCCC)OC(=O)CCCCCCCCCCCCC. The number of allylic oxidation sites excluding steroid dienone is 2. The number of unbranched alkanes of at least 4 members (excludes halogenated alkanes) is 35. The van der Waals surface area contributed by atoms with E-state index in [0.717, 1.165) is 64.2 Å². The van der Waals surface area contributed by atoms with E-state index in [1.807, 2.05) is 0 Å². The van der Waals surface area contributed by atoms with E-state index in [4.69, 9.17) is 14.2 Å². The van der Waals surface area contributed by atoms with Crippen molar-refractivity contribution >= 4 is 17.9 Å². The molecule has 6 heteroatoms. The Morgan fingerprint density at radius 3 is 0.847 bits per heavy atom. The van der Waals surface area contributed by atoms with Gasteiger partial charge in [-0.3, -0.25) is 14.4 Å². The molecule has 348 valence electrons. The molecule has 0 rings (SSSR count). The van der Waals surface area contributed by atoms with Gasteiger partial charge in [0.15, 0.2) is 6.10 Å². The molecule has 59 heavy (non-hydrogen) atoms. The van der Waals surface area contributed by atoms with Crippen LogP contribution in [0, 0.1) is 0 Å². The zero-order valence-electron chi connectivity index (χ0n) is 39.8. The van der Waals surface area contributed by atoms with E-state index in [1.165, 1.54) is 186 Å². The second kappa shape index (κ2) is 48.8. The summed E-state index contributed by atoms with van der Waals surface area (Å²) in [4.78, 5) is 37.9. The van der Waals surface area contributed by atoms with Crippen LogP contribution in [0.4, 0.5) is 0 Å². The molecule has 0 aliphatic heterocycles. The highest BCUT2D eigenvalue weighted by Crippen LogP contribution is 2.16. The average molecular weight is 833 g/mol. The standard InChI is InChI=1S/C53H100O6/c1-4-7-10-13-16-19-22-24-26-28-31-33-36-39-42-45-51(54)57-48-50(59-53(56)47-44-41-38-35-30-21-18-15-12-9-6-3)49-58-52(55)46-43-40-37-34-32-29-27-25-23-20-17-14-11-8-5-2/h24,26,50H,4-23,25,27-49H2,1-3H3. The fourth-order valence-electron chi connectivity index (χ4n) is 7.79. The molecule has 0 N–H and O–H groups in total. The van der Waals surface area contributed by atoms with Crippen molar-refractivity contribution in [2.75, 3.05) is 13.2 Å². The summed E-state index contributed by atoms with van der Waals surface area (Å²) in [5.74, 6) is -0.860. The van der Waals surface area contributed by atoms with E-state index < -0.39 is 6.10 Å². The van der Waals surface area contributed by atoms with Crippen molar-refractivity contribution in [1.82, 2.24) is 0 Å². The van der Waals surface area contributed by atoms with Crippen LogP contribution in [-0.4, -0.2) is 37.2 Å². The van der Waals surface area contributed by atoms with Gasteiger partial charge >= 0.3 is 17.9 Å². The van der Waals surface area contributed by atoms with Crippen LogP contribution in [0.2, 0.25) is 0 Å². The third kappa shape index (κ3) is 47.1. The highest BCUT2D eigenvalue weighted by Gasteiger charge is 2.19. The van der Waals surface area contributed by atoms with Crippen molar-refractivity contribution in [3.8, 4) is 0 Å². The molecular formula is C53H100O6. The molecule has 0 saturated carbocycles. The number of ether oxygens (including phenoxy) is 3. The summed E-state index contributed by atoms with van der Waals surface area (Å²) >= 11 is 0. The minimum atomic E-state index is -0.765. The molecule has 0 amide bonds. The third-order valence-corrected chi connectivity index (χ3v) is 11.8. The lowest BCUT2D eigenvalue weighted by Gasteiger charge is -2.18. The van der Waals surface area contributed by atoms with Crippen LogP contribution in [0.15, 0.2) is 12.2 Å². The highest BCUT2D eigenvalue weighted by molar-refractivity contribution is 5.71. The Kier molecular flexibility index (Phi) is 47.3. The molecule has 0 fully saturated rings. The molecular weight excluding hydrogens is 733 g/mol. The first-order valence-corrected chi connectivity index (χ1v) is 26.2. The molecule has 0 aliphatic rings. The molecule has 1 atom stereocenters. The van der Waals surface area contributed by atoms with Crippen molar-refractivity contribution in [3.05, 3.63) is 12.2 Å². The maximum atomic E-state index is 12.8. The van der Waals surface area contributed by atoms with E-state index in [1.54, 1.807) is 0 Å². The third-order valence-electron chi connectivity index (χ3n) is 11.8. The Labute approximate surface area is 367 Å². The van der Waals surface area contributed by atoms with Gasteiger partial charge < -0.3 is 14.2 Å². The number of rotatable bonds is 48. The fourth-order valence-corrected chi connectivity index (χ4v) is 7.79. The van der Waals surface area contributed by atoms with Crippen molar-refractivity contribution < 1.29 is 28.6 Å². The van der Waals surface area contributed by atoms with Gasteiger partial charge in [-0.1, -0.05) is 238 Å². The van der Waals surface area contributed by atoms with Crippen molar-refractivity contribution in [2.45, 2.75) is 297 Å². The molecule has 0 aromatic heterocycles. The summed E-state index contributed by atoms with van der Waals surface area (Å²) in [5, 5.41) is 0. The normalized spacial score (nSPS) is 12.0. The summed E-state index contributed by atoms with van der Waals surface area (Å²) in [6.07, 6.45) is 53.3. The molecule has 0 bridgehead atoms. The second-order valence-corrected chi connectivity index (χ2v) is 17.8. The van der Waals surface area contributed by atoms with Gasteiger partial charge in [0.1, 0.15) is 13.2 Å². The minimum absolute atomic E-state index is 0.0672. The Bertz CT molecular complexity index is 916. The smallest absolute Gasteiger partial charge is 0.306 e. The summed E-state index contributed by atoms with van der Waals surface area (Å²) in [6, 6.07) is 0. The summed E-state index contributed by atoms with van der Waals surface area (Å²) in [7, 11) is 0. The minimum Gasteiger partial charge on any atom is -0.462 e. The fraction of sp³-hybridized carbons (Fsp3) is 0.906. The largest absolute Gasteiger partial charge is 0.462 e. The highest BCUT2D eigenvalue weighted by atomic mass is 16.6. The van der Waals surface area contributed by atoms with Gasteiger partial charge in [0.25, 0.3) is 0 Å². The molecule has 0 aromatic rings. The average Bonchev–Trinajstić information content (AvgIpc) is 3.23. The summed E-state index contributed by atoms with van der Waals surface area (Å²) in [5.41, 5.74) is 0. The first kappa shape index (κ1) is 57.1. The van der Waals surface area contributed by atoms with Gasteiger partial charge in [-0.25, -0.2) is 0 Å². The van der Waals surface area contributed by atoms with Gasteiger partial charge in [0.2, 0.25) is 0 Å². The number of esters is 3. The Hall–Kier alpha value is -1.85. The van der Waals surface area contributed by atoms with Gasteiger partial charge in [0.05, 0.1) is 0 Å². The Balaban J connectivity index is 4.31. The molecule has 0 heterocycles. The van der Waals surface area contributed by atoms with Crippen molar-refractivity contribution in [1.29, 1.82) is 0 Å². The summed E-state index contributed by atoms with van der Waals surface area (Å²) < 4.78 is 16.8. The molecule has 0 aromatic carbocycles. The van der Waals surface area contributed by atoms with Crippen LogP contribution >= 0.6 is 0 Å². The van der Waals surface area contributed by atoms with Gasteiger partial charge in [-0.15, -0.1) is 0 Å². The molecule has 0 aliphatic carbocycles. The maximum absolute atomic E-state index is 12.8. The predicted molar refractivity (Wildman–Crippen MR) is 252 cm³/mol. The number of carbonyl (C=O) groups is 3. The lowest BCUT2D eigenvalue weighted by atomic mass is 10.0. The van der Waals surface area contributed by atoms with Crippen LogP contribution < -0.4 is 0 Å². The molecule has 6 nitrogen and oxygen atoms in total. The first-order chi connectivity index (χ1) is 29.0. The van der Waals surface area contributed by atoms with E-state index >= 15 is 0 Å². The van der Waals surface area contributed by atoms with E-state index in [-0.39, 0.29) is 31.1 Å². The van der Waals surface area contributed by atoms with Crippen LogP contribution in [0.5, 0.6) is 0 Å². The molecule has 0 spiro atoms. The van der Waals surface area contributed by atoms with Gasteiger partial charge in [-0.2, -0.15) is 0 Å². The van der Waals surface area contributed by atoms with Gasteiger partial charge in [0, 0.05) is 19.3 Å². The predicted octanol–water partition coefficient (Wildman–Crippen LogP) is 17.0. The summed E-state index contributed by atoms with van der Waals surface area (Å²) in [6.45, 7) is 6.65. The van der Waals surface area contributed by atoms with Crippen LogP contribution in [0.1, 0.15) is 290 Å². The van der Waals surface area contributed by atoms with E-state index in [9.17, 15) is 14.4 Å². The second-order valence-electron chi connectivity index (χ2n) is 17.8. The molecule has 0 saturated heterocycles. The Morgan fingerprint density at radius 2 is 0.559 bits per heavy atom. The quantitative estimate of drug-likeness (QED) is 0.0263. The number of hydrogen-bond acceptors (Lipinski definition) is 6. The maximum Gasteiger partial charge on any atom is 0.306 e. The zero-order chi connectivity index (χ0) is 43.0. The van der Waals surface area contributed by atoms with E-state index in [0.29, 0.717) is 19.3 Å². The zero-order valence-corrected chi connectivity index (χ0v) is 39.8. The van der Waals surface area contributed by atoms with Crippen molar-refractivity contribution in [2.24, 2.45) is 0 Å². The van der Waals surface area contributed by atoms with Crippen LogP contribution in [0.25, 0.3) is 0 Å². The number of carbonyl (C=O) groups excluding carboxylic acids is 3. The van der Waals surface area contributed by atoms with Gasteiger partial charge in [-0.05, 0) is 44.9 Å². The number of hydrogen-bond donors (Lipinski definition) is 0. The van der Waals surface area contributed by atoms with Crippen molar-refractivity contribution in [3.63, 3.8) is 0 Å². The lowest BCUT2D eigenvalue weighted by Crippen LogP contribution is -2.30. The molecule has 0 radical (unpaired) electrons. The van der Waals surface area contributed by atoms with Crippen LogP contribution in [-0.2, 0) is 28.6 Å². The monoisotopic (exact) mass is 833 g/mol. The molecule has 1 unspecified atom stereocenters. The first-order valence-electron chi connectivity index (χ1n) is 26.2. The van der Waals surface area contributed by atoms with E-state index in [2.05, 4.69) is 32.9 Å².